The fourth-order valence-corrected chi connectivity index (χ4v) is 5.54. The monoisotopic (exact) mass is 414 g/mol. The first kappa shape index (κ1) is 18.6. The Kier molecular flexibility index (Phi) is 4.14. The molecule has 2 aliphatic rings. The highest BCUT2D eigenvalue weighted by molar-refractivity contribution is 5.79. The van der Waals surface area contributed by atoms with E-state index in [2.05, 4.69) is 39.2 Å². The van der Waals surface area contributed by atoms with Gasteiger partial charge in [0.1, 0.15) is 5.82 Å². The second-order valence-corrected chi connectivity index (χ2v) is 9.10. The minimum absolute atomic E-state index is 0.0944. The fourth-order valence-electron chi connectivity index (χ4n) is 5.54. The number of hydrogen-bond donors (Lipinski definition) is 0. The Morgan fingerprint density at radius 3 is 2.84 bits per heavy atom. The van der Waals surface area contributed by atoms with Gasteiger partial charge in [-0.05, 0) is 42.2 Å². The van der Waals surface area contributed by atoms with Crippen molar-refractivity contribution in [2.75, 3.05) is 13.1 Å². The number of nitrogens with zero attached hydrogens (tertiary/aromatic N) is 6. The van der Waals surface area contributed by atoms with Crippen LogP contribution in [0, 0.1) is 5.92 Å². The van der Waals surface area contributed by atoms with Crippen LogP contribution in [-0.4, -0.2) is 41.9 Å². The third-order valence-corrected chi connectivity index (χ3v) is 6.96. The minimum Gasteiger partial charge on any atom is -0.334 e. The van der Waals surface area contributed by atoms with Crippen molar-refractivity contribution in [3.05, 3.63) is 70.5 Å². The maximum absolute atomic E-state index is 13.3. The predicted octanol–water partition coefficient (Wildman–Crippen LogP) is 2.75. The van der Waals surface area contributed by atoms with E-state index in [1.807, 2.05) is 46.4 Å². The van der Waals surface area contributed by atoms with Crippen molar-refractivity contribution in [2.45, 2.75) is 25.4 Å². The summed E-state index contributed by atoms with van der Waals surface area (Å²) in [6, 6.07) is 10.7. The standard InChI is InChI=1S/C24H26N6O/c1-27-8-7-25-23(27)20-4-6-22-19-10-17(14-30(22)24(20)31)13-29(15-19)12-16-3-5-21-18(9-16)11-26-28(21)2/h3-9,11,17,19H,10,12-15H2,1-2H3/t17-,19+/m0/s1. The molecule has 0 aliphatic carbocycles. The molecule has 1 saturated heterocycles. The van der Waals surface area contributed by atoms with Crippen molar-refractivity contribution in [3.8, 4) is 11.4 Å². The van der Waals surface area contributed by atoms with Gasteiger partial charge in [0.15, 0.2) is 0 Å². The number of benzene rings is 1. The summed E-state index contributed by atoms with van der Waals surface area (Å²) in [7, 11) is 3.91. The second-order valence-electron chi connectivity index (χ2n) is 9.10. The van der Waals surface area contributed by atoms with Crippen LogP contribution in [0.1, 0.15) is 23.6 Å². The molecule has 1 fully saturated rings. The molecule has 2 atom stereocenters. The number of fused-ring (bicyclic) bond motifs is 5. The van der Waals surface area contributed by atoms with E-state index in [9.17, 15) is 4.79 Å². The molecule has 6 rings (SSSR count). The van der Waals surface area contributed by atoms with Gasteiger partial charge in [0.2, 0.25) is 0 Å². The van der Waals surface area contributed by atoms with E-state index < -0.39 is 0 Å². The molecule has 3 aromatic heterocycles. The van der Waals surface area contributed by atoms with Crippen LogP contribution in [0.5, 0.6) is 0 Å². The van der Waals surface area contributed by atoms with Gasteiger partial charge in [0, 0.05) is 69.7 Å². The molecule has 2 bridgehead atoms. The van der Waals surface area contributed by atoms with Crippen molar-refractivity contribution in [3.63, 3.8) is 0 Å². The molecule has 158 valence electrons. The van der Waals surface area contributed by atoms with Crippen LogP contribution < -0.4 is 5.56 Å². The highest BCUT2D eigenvalue weighted by atomic mass is 16.1. The lowest BCUT2D eigenvalue weighted by molar-refractivity contribution is 0.114. The minimum atomic E-state index is 0.0944. The average Bonchev–Trinajstić information content (AvgIpc) is 3.34. The molecule has 7 heteroatoms. The second kappa shape index (κ2) is 6.92. The SMILES string of the molecule is Cn1ccnc1-c1ccc2n(c1=O)C[C@H]1C[C@@H]2CN(Cc2ccc3c(cnn3C)c2)C1. The van der Waals surface area contributed by atoms with Gasteiger partial charge in [-0.1, -0.05) is 6.07 Å². The molecule has 0 amide bonds. The Morgan fingerprint density at radius 1 is 1.10 bits per heavy atom. The lowest BCUT2D eigenvalue weighted by atomic mass is 9.82. The summed E-state index contributed by atoms with van der Waals surface area (Å²) in [5.74, 6) is 1.64. The van der Waals surface area contributed by atoms with E-state index in [1.54, 1.807) is 6.20 Å². The van der Waals surface area contributed by atoms with Crippen molar-refractivity contribution < 1.29 is 0 Å². The largest absolute Gasteiger partial charge is 0.334 e. The zero-order valence-corrected chi connectivity index (χ0v) is 17.9. The average molecular weight is 415 g/mol. The van der Waals surface area contributed by atoms with Crippen LogP contribution in [0.15, 0.2) is 53.7 Å². The summed E-state index contributed by atoms with van der Waals surface area (Å²) < 4.78 is 5.84. The molecule has 0 unspecified atom stereocenters. The summed E-state index contributed by atoms with van der Waals surface area (Å²) in [6.45, 7) is 3.75. The molecule has 1 aromatic carbocycles. The molecule has 0 N–H and O–H groups in total. The Morgan fingerprint density at radius 2 is 2.00 bits per heavy atom. The molecule has 0 spiro atoms. The lowest BCUT2D eigenvalue weighted by Gasteiger charge is -2.43. The number of piperidine rings is 1. The van der Waals surface area contributed by atoms with Crippen LogP contribution in [0.3, 0.4) is 0 Å². The zero-order valence-electron chi connectivity index (χ0n) is 17.9. The van der Waals surface area contributed by atoms with E-state index in [4.69, 9.17) is 0 Å². The van der Waals surface area contributed by atoms with Crippen molar-refractivity contribution >= 4 is 10.9 Å². The Labute approximate surface area is 180 Å². The van der Waals surface area contributed by atoms with Gasteiger partial charge in [0.05, 0.1) is 17.3 Å². The molecular weight excluding hydrogens is 388 g/mol. The normalized spacial score (nSPS) is 20.8. The number of aryl methyl sites for hydroxylation is 2. The van der Waals surface area contributed by atoms with Gasteiger partial charge in [0.25, 0.3) is 5.56 Å². The zero-order chi connectivity index (χ0) is 21.1. The van der Waals surface area contributed by atoms with Gasteiger partial charge in [-0.15, -0.1) is 0 Å². The summed E-state index contributed by atoms with van der Waals surface area (Å²) in [5, 5.41) is 5.55. The maximum Gasteiger partial charge on any atom is 0.261 e. The number of pyridine rings is 1. The van der Waals surface area contributed by atoms with Crippen molar-refractivity contribution in [1.82, 2.24) is 28.8 Å². The summed E-state index contributed by atoms with van der Waals surface area (Å²) in [6.07, 6.45) is 6.73. The summed E-state index contributed by atoms with van der Waals surface area (Å²) >= 11 is 0. The quantitative estimate of drug-likeness (QED) is 0.517. The van der Waals surface area contributed by atoms with Gasteiger partial charge < -0.3 is 9.13 Å². The number of imidazole rings is 1. The molecule has 4 aromatic rings. The summed E-state index contributed by atoms with van der Waals surface area (Å²) in [4.78, 5) is 20.2. The topological polar surface area (TPSA) is 60.9 Å². The number of aromatic nitrogens is 5. The van der Waals surface area contributed by atoms with E-state index >= 15 is 0 Å². The van der Waals surface area contributed by atoms with Gasteiger partial charge in [-0.2, -0.15) is 5.10 Å². The smallest absolute Gasteiger partial charge is 0.261 e. The molecular formula is C24H26N6O. The van der Waals surface area contributed by atoms with Crippen LogP contribution in [-0.2, 0) is 27.2 Å². The molecule has 7 nitrogen and oxygen atoms in total. The number of hydrogen-bond acceptors (Lipinski definition) is 4. The van der Waals surface area contributed by atoms with Gasteiger partial charge in [-0.3, -0.25) is 14.4 Å². The van der Waals surface area contributed by atoms with E-state index in [0.29, 0.717) is 17.4 Å². The van der Waals surface area contributed by atoms with E-state index in [1.165, 1.54) is 23.1 Å². The Balaban J connectivity index is 1.28. The Bertz CT molecular complexity index is 1350. The van der Waals surface area contributed by atoms with Crippen molar-refractivity contribution in [2.24, 2.45) is 20.0 Å². The molecule has 0 radical (unpaired) electrons. The molecule has 31 heavy (non-hydrogen) atoms. The van der Waals surface area contributed by atoms with Crippen LogP contribution >= 0.6 is 0 Å². The highest BCUT2D eigenvalue weighted by Gasteiger charge is 2.35. The first-order valence-electron chi connectivity index (χ1n) is 10.9. The lowest BCUT2D eigenvalue weighted by Crippen LogP contribution is -2.47. The van der Waals surface area contributed by atoms with Crippen molar-refractivity contribution in [1.29, 1.82) is 0 Å². The molecule has 5 heterocycles. The maximum atomic E-state index is 13.3. The van der Waals surface area contributed by atoms with Crippen LogP contribution in [0.4, 0.5) is 0 Å². The molecule has 0 saturated carbocycles. The molecule has 2 aliphatic heterocycles. The van der Waals surface area contributed by atoms with Gasteiger partial charge in [-0.25, -0.2) is 4.98 Å². The Hall–Kier alpha value is -3.19. The summed E-state index contributed by atoms with van der Waals surface area (Å²) in [5.41, 5.74) is 4.44. The van der Waals surface area contributed by atoms with Crippen LogP contribution in [0.2, 0.25) is 0 Å². The van der Waals surface area contributed by atoms with Gasteiger partial charge >= 0.3 is 0 Å². The highest BCUT2D eigenvalue weighted by Crippen LogP contribution is 2.36. The van der Waals surface area contributed by atoms with Crippen LogP contribution in [0.25, 0.3) is 22.3 Å². The first-order valence-corrected chi connectivity index (χ1v) is 10.9. The first-order chi connectivity index (χ1) is 15.1. The van der Waals surface area contributed by atoms with E-state index in [0.717, 1.165) is 37.5 Å². The van der Waals surface area contributed by atoms with E-state index in [-0.39, 0.29) is 5.56 Å². The predicted molar refractivity (Wildman–Crippen MR) is 120 cm³/mol. The number of rotatable bonds is 3. The number of likely N-dealkylation sites (tertiary alicyclic amines) is 1. The third-order valence-electron chi connectivity index (χ3n) is 6.96. The fraction of sp³-hybridized carbons (Fsp3) is 0.375. The third kappa shape index (κ3) is 3.03.